The fourth-order valence-electron chi connectivity index (χ4n) is 3.75. The Hall–Kier alpha value is -2.89. The van der Waals surface area contributed by atoms with Crippen LogP contribution in [0.2, 0.25) is 0 Å². The predicted molar refractivity (Wildman–Crippen MR) is 107 cm³/mol. The Morgan fingerprint density at radius 3 is 2.67 bits per heavy atom. The highest BCUT2D eigenvalue weighted by Crippen LogP contribution is 2.33. The van der Waals surface area contributed by atoms with E-state index in [4.69, 9.17) is 4.42 Å². The van der Waals surface area contributed by atoms with E-state index >= 15 is 0 Å². The molecule has 1 aliphatic rings. The second-order valence-electron chi connectivity index (χ2n) is 7.16. The number of amides is 1. The van der Waals surface area contributed by atoms with Crippen molar-refractivity contribution in [2.24, 2.45) is 0 Å². The maximum absolute atomic E-state index is 13.4. The fourth-order valence-corrected chi connectivity index (χ4v) is 3.75. The molecule has 1 saturated heterocycles. The average Bonchev–Trinajstić information content (AvgIpc) is 3.03. The monoisotopic (exact) mass is 364 g/mol. The first kappa shape index (κ1) is 17.5. The number of fused-ring (bicyclic) bond motifs is 1. The summed E-state index contributed by atoms with van der Waals surface area (Å²) in [4.78, 5) is 26.1. The number of piperidine rings is 1. The van der Waals surface area contributed by atoms with Crippen molar-refractivity contribution >= 4 is 28.5 Å². The number of rotatable bonds is 3. The zero-order chi connectivity index (χ0) is 19.0. The number of furan rings is 1. The molecule has 0 saturated carbocycles. The third kappa shape index (κ3) is 3.16. The van der Waals surface area contributed by atoms with Crippen LogP contribution in [0.1, 0.15) is 40.9 Å². The first-order chi connectivity index (χ1) is 13.1. The number of carbonyl (C=O) groups is 1. The Morgan fingerprint density at radius 2 is 1.93 bits per heavy atom. The SMILES string of the molecule is Cc1cccc(N(C)C(=O)c2c(C)oc3ncnc(N4CCCCC4)c23)c1. The number of benzene rings is 1. The molecule has 27 heavy (non-hydrogen) atoms. The number of hydrogen-bond donors (Lipinski definition) is 0. The van der Waals surface area contributed by atoms with Gasteiger partial charge in [0.05, 0.1) is 10.9 Å². The Kier molecular flexibility index (Phi) is 4.56. The number of aromatic nitrogens is 2. The van der Waals surface area contributed by atoms with Crippen molar-refractivity contribution in [3.8, 4) is 0 Å². The van der Waals surface area contributed by atoms with Gasteiger partial charge in [-0.3, -0.25) is 4.79 Å². The summed E-state index contributed by atoms with van der Waals surface area (Å²) in [6, 6.07) is 7.90. The molecule has 0 unspecified atom stereocenters. The van der Waals surface area contributed by atoms with Gasteiger partial charge in [-0.05, 0) is 50.8 Å². The maximum Gasteiger partial charge on any atom is 0.262 e. The van der Waals surface area contributed by atoms with E-state index in [1.54, 1.807) is 11.9 Å². The van der Waals surface area contributed by atoms with Gasteiger partial charge in [0.1, 0.15) is 17.9 Å². The van der Waals surface area contributed by atoms with Gasteiger partial charge in [0.15, 0.2) is 0 Å². The first-order valence-electron chi connectivity index (χ1n) is 9.40. The highest BCUT2D eigenvalue weighted by atomic mass is 16.3. The van der Waals surface area contributed by atoms with Crippen LogP contribution in [0.3, 0.4) is 0 Å². The summed E-state index contributed by atoms with van der Waals surface area (Å²) in [5, 5.41) is 0.724. The first-order valence-corrected chi connectivity index (χ1v) is 9.40. The molecule has 0 aliphatic carbocycles. The molecule has 1 fully saturated rings. The highest BCUT2D eigenvalue weighted by Gasteiger charge is 2.28. The molecule has 0 bridgehead atoms. The summed E-state index contributed by atoms with van der Waals surface area (Å²) in [5.41, 5.74) is 2.99. The predicted octanol–water partition coefficient (Wildman–Crippen LogP) is 4.11. The van der Waals surface area contributed by atoms with Crippen LogP contribution in [0.25, 0.3) is 11.1 Å². The highest BCUT2D eigenvalue weighted by molar-refractivity contribution is 6.16. The largest absolute Gasteiger partial charge is 0.442 e. The molecule has 3 heterocycles. The minimum atomic E-state index is -0.107. The topological polar surface area (TPSA) is 62.5 Å². The van der Waals surface area contributed by atoms with Gasteiger partial charge < -0.3 is 14.2 Å². The van der Waals surface area contributed by atoms with Crippen LogP contribution in [0.5, 0.6) is 0 Å². The summed E-state index contributed by atoms with van der Waals surface area (Å²) in [7, 11) is 1.79. The van der Waals surface area contributed by atoms with Gasteiger partial charge >= 0.3 is 0 Å². The zero-order valence-electron chi connectivity index (χ0n) is 16.0. The number of anilines is 2. The standard InChI is InChI=1S/C21H24N4O2/c1-14-8-7-9-16(12-14)24(3)21(26)17-15(2)27-20-18(17)19(22-13-23-20)25-10-5-4-6-11-25/h7-9,12-13H,4-6,10-11H2,1-3H3. The molecule has 6 heteroatoms. The van der Waals surface area contributed by atoms with Crippen molar-refractivity contribution in [3.63, 3.8) is 0 Å². The quantitative estimate of drug-likeness (QED) is 0.700. The van der Waals surface area contributed by atoms with E-state index in [1.807, 2.05) is 38.1 Å². The fraction of sp³-hybridized carbons (Fsp3) is 0.381. The molecule has 140 valence electrons. The molecule has 0 N–H and O–H groups in total. The van der Waals surface area contributed by atoms with Gasteiger partial charge in [0.25, 0.3) is 5.91 Å². The molecule has 3 aromatic rings. The van der Waals surface area contributed by atoms with E-state index in [0.29, 0.717) is 17.0 Å². The molecular formula is C21H24N4O2. The molecule has 4 rings (SSSR count). The van der Waals surface area contributed by atoms with E-state index in [0.717, 1.165) is 48.4 Å². The van der Waals surface area contributed by atoms with Crippen molar-refractivity contribution < 1.29 is 9.21 Å². The zero-order valence-corrected chi connectivity index (χ0v) is 16.0. The van der Waals surface area contributed by atoms with Gasteiger partial charge in [-0.25, -0.2) is 9.97 Å². The number of hydrogen-bond acceptors (Lipinski definition) is 5. The maximum atomic E-state index is 13.4. The summed E-state index contributed by atoms with van der Waals surface area (Å²) < 4.78 is 5.84. The van der Waals surface area contributed by atoms with E-state index in [1.165, 1.54) is 12.7 Å². The molecule has 2 aromatic heterocycles. The van der Waals surface area contributed by atoms with Crippen LogP contribution in [0.15, 0.2) is 35.0 Å². The minimum Gasteiger partial charge on any atom is -0.442 e. The van der Waals surface area contributed by atoms with E-state index in [-0.39, 0.29) is 5.91 Å². The van der Waals surface area contributed by atoms with Crippen LogP contribution >= 0.6 is 0 Å². The normalized spacial score (nSPS) is 14.6. The lowest BCUT2D eigenvalue weighted by atomic mass is 10.1. The molecule has 1 aliphatic heterocycles. The van der Waals surface area contributed by atoms with Crippen LogP contribution in [0.4, 0.5) is 11.5 Å². The third-order valence-electron chi connectivity index (χ3n) is 5.21. The van der Waals surface area contributed by atoms with Crippen molar-refractivity contribution in [1.29, 1.82) is 0 Å². The second kappa shape index (κ2) is 7.02. The van der Waals surface area contributed by atoms with Crippen molar-refractivity contribution in [2.45, 2.75) is 33.1 Å². The number of nitrogens with zero attached hydrogens (tertiary/aromatic N) is 4. The lowest BCUT2D eigenvalue weighted by molar-refractivity contribution is 0.0993. The summed E-state index contributed by atoms with van der Waals surface area (Å²) in [6.07, 6.45) is 5.02. The number of aryl methyl sites for hydroxylation is 2. The summed E-state index contributed by atoms with van der Waals surface area (Å²) >= 11 is 0. The Balaban J connectivity index is 1.81. The van der Waals surface area contributed by atoms with Crippen LogP contribution in [0, 0.1) is 13.8 Å². The van der Waals surface area contributed by atoms with E-state index in [2.05, 4.69) is 14.9 Å². The van der Waals surface area contributed by atoms with E-state index in [9.17, 15) is 4.79 Å². The summed E-state index contributed by atoms with van der Waals surface area (Å²) in [6.45, 7) is 5.72. The minimum absolute atomic E-state index is 0.107. The van der Waals surface area contributed by atoms with Crippen LogP contribution < -0.4 is 9.80 Å². The smallest absolute Gasteiger partial charge is 0.262 e. The Labute approximate surface area is 158 Å². The lowest BCUT2D eigenvalue weighted by Crippen LogP contribution is -2.31. The Morgan fingerprint density at radius 1 is 1.15 bits per heavy atom. The van der Waals surface area contributed by atoms with Gasteiger partial charge in [0.2, 0.25) is 5.71 Å². The van der Waals surface area contributed by atoms with Crippen molar-refractivity contribution in [1.82, 2.24) is 9.97 Å². The third-order valence-corrected chi connectivity index (χ3v) is 5.21. The molecule has 0 radical (unpaired) electrons. The molecule has 0 spiro atoms. The van der Waals surface area contributed by atoms with Crippen molar-refractivity contribution in [3.05, 3.63) is 47.5 Å². The molecular weight excluding hydrogens is 340 g/mol. The van der Waals surface area contributed by atoms with Crippen LogP contribution in [-0.2, 0) is 0 Å². The van der Waals surface area contributed by atoms with E-state index < -0.39 is 0 Å². The van der Waals surface area contributed by atoms with Gasteiger partial charge in [-0.1, -0.05) is 12.1 Å². The summed E-state index contributed by atoms with van der Waals surface area (Å²) in [5.74, 6) is 1.27. The lowest BCUT2D eigenvalue weighted by Gasteiger charge is -2.28. The molecule has 6 nitrogen and oxygen atoms in total. The average molecular weight is 364 g/mol. The number of carbonyl (C=O) groups excluding carboxylic acids is 1. The van der Waals surface area contributed by atoms with Crippen molar-refractivity contribution in [2.75, 3.05) is 29.9 Å². The van der Waals surface area contributed by atoms with Gasteiger partial charge in [-0.15, -0.1) is 0 Å². The molecule has 1 amide bonds. The molecule has 0 atom stereocenters. The molecule has 1 aromatic carbocycles. The van der Waals surface area contributed by atoms with Crippen LogP contribution in [-0.4, -0.2) is 36.0 Å². The van der Waals surface area contributed by atoms with Gasteiger partial charge in [0, 0.05) is 25.8 Å². The van der Waals surface area contributed by atoms with Gasteiger partial charge in [-0.2, -0.15) is 0 Å². The second-order valence-corrected chi connectivity index (χ2v) is 7.16. The Bertz CT molecular complexity index is 989.